The van der Waals surface area contributed by atoms with Gasteiger partial charge in [-0.2, -0.15) is 0 Å². The lowest BCUT2D eigenvalue weighted by atomic mass is 10.0. The number of rotatable bonds is 2. The van der Waals surface area contributed by atoms with Gasteiger partial charge in [-0.05, 0) is 5.92 Å². The number of hydrogen-bond acceptors (Lipinski definition) is 1. The average Bonchev–Trinajstić information content (AvgIpc) is 1.67. The quantitative estimate of drug-likeness (QED) is 0.406. The Labute approximate surface area is 51.7 Å². The van der Waals surface area contributed by atoms with Crippen LogP contribution in [-0.2, 0) is 0 Å². The van der Waals surface area contributed by atoms with Gasteiger partial charge in [0.15, 0.2) is 0 Å². The fourth-order valence-electron chi connectivity index (χ4n) is 0.296. The van der Waals surface area contributed by atoms with E-state index in [1.807, 2.05) is 13.8 Å². The topological polar surface area (TPSA) is 23.9 Å². The maximum Gasteiger partial charge on any atom is 0.102 e. The fourth-order valence-corrected chi connectivity index (χ4v) is 0.296. The van der Waals surface area contributed by atoms with Crippen molar-refractivity contribution in [1.82, 2.24) is 0 Å². The van der Waals surface area contributed by atoms with E-state index in [0.29, 0.717) is 5.71 Å². The molecule has 0 aliphatic rings. The highest BCUT2D eigenvalue weighted by Crippen LogP contribution is 1.94. The van der Waals surface area contributed by atoms with E-state index in [4.69, 9.17) is 13.3 Å². The molecular formula is C6H10BN. The fraction of sp³-hybridized carbons (Fsp3) is 0.500. The van der Waals surface area contributed by atoms with Crippen LogP contribution in [0.3, 0.4) is 0 Å². The molecule has 0 aromatic carbocycles. The summed E-state index contributed by atoms with van der Waals surface area (Å²) >= 11 is 0. The van der Waals surface area contributed by atoms with Gasteiger partial charge in [-0.25, -0.2) is 0 Å². The molecule has 0 fully saturated rings. The van der Waals surface area contributed by atoms with E-state index < -0.39 is 0 Å². The summed E-state index contributed by atoms with van der Waals surface area (Å²) in [5.41, 5.74) is 0.576. The molecule has 0 heterocycles. The van der Waals surface area contributed by atoms with Gasteiger partial charge in [0.05, 0.1) is 0 Å². The van der Waals surface area contributed by atoms with Crippen molar-refractivity contribution in [2.24, 2.45) is 5.92 Å². The first-order valence-corrected chi connectivity index (χ1v) is 2.65. The highest BCUT2D eigenvalue weighted by atomic mass is 14.4. The van der Waals surface area contributed by atoms with Gasteiger partial charge in [-0.3, -0.25) is 0 Å². The first kappa shape index (κ1) is 7.47. The monoisotopic (exact) mass is 107 g/mol. The summed E-state index contributed by atoms with van der Waals surface area (Å²) < 4.78 is 0. The third kappa shape index (κ3) is 2.62. The van der Waals surface area contributed by atoms with Gasteiger partial charge < -0.3 is 5.41 Å². The zero-order valence-corrected chi connectivity index (χ0v) is 5.31. The van der Waals surface area contributed by atoms with Crippen molar-refractivity contribution < 1.29 is 0 Å². The lowest BCUT2D eigenvalue weighted by Gasteiger charge is -1.98. The molecule has 1 nitrogen and oxygen atoms in total. The summed E-state index contributed by atoms with van der Waals surface area (Å²) in [7, 11) is 5.05. The smallest absolute Gasteiger partial charge is 0.102 e. The maximum atomic E-state index is 7.18. The van der Waals surface area contributed by atoms with Crippen LogP contribution in [0.4, 0.5) is 0 Å². The Hall–Kier alpha value is -0.525. The van der Waals surface area contributed by atoms with Gasteiger partial charge in [0.2, 0.25) is 0 Å². The van der Waals surface area contributed by atoms with Crippen molar-refractivity contribution in [3.05, 3.63) is 12.1 Å². The van der Waals surface area contributed by atoms with Gasteiger partial charge >= 0.3 is 0 Å². The number of nitrogens with one attached hydrogen (secondary N) is 1. The Morgan fingerprint density at radius 2 is 2.12 bits per heavy atom. The molecule has 0 rings (SSSR count). The lowest BCUT2D eigenvalue weighted by molar-refractivity contribution is 0.882. The highest BCUT2D eigenvalue weighted by Gasteiger charge is 1.94. The molecule has 0 saturated carbocycles. The van der Waals surface area contributed by atoms with Crippen LogP contribution in [0.2, 0.25) is 0 Å². The SMILES string of the molecule is [B]/C=C/C(=N)C(C)C. The minimum Gasteiger partial charge on any atom is -0.305 e. The van der Waals surface area contributed by atoms with Crippen LogP contribution in [0.5, 0.6) is 0 Å². The molecule has 0 aliphatic heterocycles. The molecule has 0 atom stereocenters. The number of hydrogen-bond donors (Lipinski definition) is 1. The molecule has 0 bridgehead atoms. The van der Waals surface area contributed by atoms with E-state index >= 15 is 0 Å². The van der Waals surface area contributed by atoms with Gasteiger partial charge in [0.25, 0.3) is 0 Å². The molecule has 0 amide bonds. The highest BCUT2D eigenvalue weighted by molar-refractivity contribution is 6.19. The molecule has 2 heteroatoms. The molecule has 8 heavy (non-hydrogen) atoms. The second-order valence-corrected chi connectivity index (χ2v) is 1.97. The minimum atomic E-state index is 0.287. The summed E-state index contributed by atoms with van der Waals surface area (Å²) in [6.45, 7) is 3.92. The van der Waals surface area contributed by atoms with Gasteiger partial charge in [0.1, 0.15) is 7.85 Å². The summed E-state index contributed by atoms with van der Waals surface area (Å²) in [5, 5.41) is 7.18. The van der Waals surface area contributed by atoms with Gasteiger partial charge in [-0.15, -0.1) is 5.98 Å². The van der Waals surface area contributed by atoms with E-state index in [2.05, 4.69) is 0 Å². The largest absolute Gasteiger partial charge is 0.305 e. The van der Waals surface area contributed by atoms with Crippen LogP contribution < -0.4 is 0 Å². The molecular weight excluding hydrogens is 96.9 g/mol. The normalized spacial score (nSPS) is 10.9. The van der Waals surface area contributed by atoms with E-state index in [-0.39, 0.29) is 5.92 Å². The van der Waals surface area contributed by atoms with Gasteiger partial charge in [-0.1, -0.05) is 19.9 Å². The Morgan fingerprint density at radius 1 is 1.62 bits per heavy atom. The van der Waals surface area contributed by atoms with Gasteiger partial charge in [0, 0.05) is 5.71 Å². The Bertz CT molecular complexity index is 105. The zero-order chi connectivity index (χ0) is 6.57. The minimum absolute atomic E-state index is 0.287. The van der Waals surface area contributed by atoms with Crippen molar-refractivity contribution in [3.8, 4) is 0 Å². The van der Waals surface area contributed by atoms with Crippen molar-refractivity contribution in [2.75, 3.05) is 0 Å². The Kier molecular flexibility index (Phi) is 3.25. The van der Waals surface area contributed by atoms with Crippen LogP contribution >= 0.6 is 0 Å². The predicted octanol–water partition coefficient (Wildman–Crippen LogP) is 1.34. The molecule has 2 radical (unpaired) electrons. The average molecular weight is 107 g/mol. The van der Waals surface area contributed by atoms with Crippen molar-refractivity contribution in [3.63, 3.8) is 0 Å². The molecule has 0 spiro atoms. The zero-order valence-electron chi connectivity index (χ0n) is 5.31. The third-order valence-corrected chi connectivity index (χ3v) is 0.898. The van der Waals surface area contributed by atoms with Crippen molar-refractivity contribution in [1.29, 1.82) is 5.41 Å². The lowest BCUT2D eigenvalue weighted by Crippen LogP contribution is -2.00. The number of allylic oxidation sites excluding steroid dienone is 1. The molecule has 0 aromatic heterocycles. The summed E-state index contributed by atoms with van der Waals surface area (Å²) in [6, 6.07) is 0. The van der Waals surface area contributed by atoms with Crippen molar-refractivity contribution in [2.45, 2.75) is 13.8 Å². The first-order chi connectivity index (χ1) is 3.68. The predicted molar refractivity (Wildman–Crippen MR) is 37.5 cm³/mol. The van der Waals surface area contributed by atoms with E-state index in [1.165, 1.54) is 5.98 Å². The molecule has 0 saturated heterocycles. The van der Waals surface area contributed by atoms with E-state index in [0.717, 1.165) is 0 Å². The molecule has 42 valence electrons. The first-order valence-electron chi connectivity index (χ1n) is 2.65. The van der Waals surface area contributed by atoms with E-state index in [9.17, 15) is 0 Å². The van der Waals surface area contributed by atoms with Crippen LogP contribution in [0.25, 0.3) is 0 Å². The third-order valence-electron chi connectivity index (χ3n) is 0.898. The Morgan fingerprint density at radius 3 is 2.25 bits per heavy atom. The summed E-state index contributed by atoms with van der Waals surface area (Å²) in [4.78, 5) is 0. The second-order valence-electron chi connectivity index (χ2n) is 1.97. The Balaban J connectivity index is 3.66. The van der Waals surface area contributed by atoms with Crippen LogP contribution in [-0.4, -0.2) is 13.6 Å². The van der Waals surface area contributed by atoms with E-state index in [1.54, 1.807) is 6.08 Å². The standard InChI is InChI=1S/C6H10BN/c1-5(2)6(8)3-4-7/h3-5,8H,1-2H3/b4-3+,8-6?. The van der Waals surface area contributed by atoms with Crippen LogP contribution in [0.15, 0.2) is 12.1 Å². The maximum absolute atomic E-state index is 7.18. The van der Waals surface area contributed by atoms with Crippen LogP contribution in [0, 0.1) is 11.3 Å². The molecule has 0 aliphatic carbocycles. The molecule has 0 aromatic rings. The van der Waals surface area contributed by atoms with Crippen LogP contribution in [0.1, 0.15) is 13.8 Å². The molecule has 1 N–H and O–H groups in total. The summed E-state index contributed by atoms with van der Waals surface area (Å²) in [5.74, 6) is 1.68. The molecule has 0 unspecified atom stereocenters. The summed E-state index contributed by atoms with van der Waals surface area (Å²) in [6.07, 6.45) is 1.60. The van der Waals surface area contributed by atoms with Crippen molar-refractivity contribution >= 4 is 13.6 Å². The second kappa shape index (κ2) is 3.47.